The van der Waals surface area contributed by atoms with Crippen LogP contribution in [0.15, 0.2) is 12.3 Å². The van der Waals surface area contributed by atoms with Crippen LogP contribution in [-0.4, -0.2) is 108 Å². The average molecular weight is 430 g/mol. The number of morpholine rings is 2. The van der Waals surface area contributed by atoms with Crippen molar-refractivity contribution in [2.45, 2.75) is 32.0 Å². The Morgan fingerprint density at radius 2 is 2.24 bits per heavy atom. The predicted octanol–water partition coefficient (Wildman–Crippen LogP) is 0.638. The molecule has 2 fully saturated rings. The molecule has 3 N–H and O–H groups in total. The molecule has 29 heavy (non-hydrogen) atoms. The summed E-state index contributed by atoms with van der Waals surface area (Å²) in [6.07, 6.45) is 2.78. The number of hydrogen-bond donors (Lipinski definition) is 2. The van der Waals surface area contributed by atoms with Gasteiger partial charge in [-0.25, -0.2) is 4.59 Å². The van der Waals surface area contributed by atoms with Crippen molar-refractivity contribution in [3.05, 3.63) is 18.0 Å². The molecule has 2 aliphatic rings. The Balaban J connectivity index is 1.83. The number of hydrogen-bond acceptors (Lipinski definition) is 6. The molecule has 3 atom stereocenters. The number of carbonyl (C=O) groups excluding carboxylic acids is 1. The number of nitrogens with one attached hydrogen (secondary N) is 1. The first kappa shape index (κ1) is 22.5. The van der Waals surface area contributed by atoms with E-state index in [1.54, 1.807) is 12.3 Å². The van der Waals surface area contributed by atoms with Crippen molar-refractivity contribution in [2.75, 3.05) is 65.0 Å². The van der Waals surface area contributed by atoms with Gasteiger partial charge in [-0.2, -0.15) is 10.9 Å². The monoisotopic (exact) mass is 429 g/mol. The quantitative estimate of drug-likeness (QED) is 0.339. The molecule has 3 heterocycles. The SMILES string of the molecule is CCCN(C(=O)c1ccn[nH]1)C1C(CCN2CCOCC2)OCC[N+]1(N)CCCl. The Kier molecular flexibility index (Phi) is 8.28. The highest BCUT2D eigenvalue weighted by atomic mass is 35.5. The highest BCUT2D eigenvalue weighted by molar-refractivity contribution is 6.17. The van der Waals surface area contributed by atoms with Gasteiger partial charge in [-0.1, -0.05) is 6.92 Å². The fraction of sp³-hybridized carbons (Fsp3) is 0.789. The third kappa shape index (κ3) is 5.48. The van der Waals surface area contributed by atoms with E-state index < -0.39 is 0 Å². The molecule has 1 amide bonds. The van der Waals surface area contributed by atoms with Crippen LogP contribution in [0.2, 0.25) is 0 Å². The van der Waals surface area contributed by atoms with Gasteiger partial charge in [-0.3, -0.25) is 19.7 Å². The van der Waals surface area contributed by atoms with Crippen LogP contribution in [-0.2, 0) is 9.47 Å². The van der Waals surface area contributed by atoms with E-state index >= 15 is 0 Å². The second-order valence-corrected chi connectivity index (χ2v) is 8.15. The van der Waals surface area contributed by atoms with Crippen LogP contribution in [0.25, 0.3) is 0 Å². The van der Waals surface area contributed by atoms with E-state index in [4.69, 9.17) is 26.9 Å². The molecule has 2 saturated heterocycles. The van der Waals surface area contributed by atoms with Crippen LogP contribution in [0.3, 0.4) is 0 Å². The van der Waals surface area contributed by atoms with Crippen molar-refractivity contribution < 1.29 is 18.9 Å². The molecule has 10 heteroatoms. The first-order chi connectivity index (χ1) is 14.1. The van der Waals surface area contributed by atoms with Crippen molar-refractivity contribution in [3.8, 4) is 0 Å². The van der Waals surface area contributed by atoms with E-state index in [1.807, 2.05) is 4.90 Å². The number of amides is 1. The normalized spacial score (nSPS) is 28.4. The van der Waals surface area contributed by atoms with Crippen molar-refractivity contribution in [1.82, 2.24) is 20.0 Å². The zero-order valence-corrected chi connectivity index (χ0v) is 18.0. The smallest absolute Gasteiger partial charge is 0.276 e. The number of carbonyl (C=O) groups is 1. The minimum absolute atomic E-state index is 0.0984. The number of alkyl halides is 1. The van der Waals surface area contributed by atoms with E-state index in [0.29, 0.717) is 37.8 Å². The third-order valence-electron chi connectivity index (χ3n) is 5.81. The van der Waals surface area contributed by atoms with Crippen molar-refractivity contribution in [2.24, 2.45) is 5.84 Å². The summed E-state index contributed by atoms with van der Waals surface area (Å²) in [6.45, 7) is 8.70. The fourth-order valence-electron chi connectivity index (χ4n) is 4.29. The Labute approximate surface area is 177 Å². The van der Waals surface area contributed by atoms with Gasteiger partial charge in [0.05, 0.1) is 25.7 Å². The second-order valence-electron chi connectivity index (χ2n) is 7.77. The highest BCUT2D eigenvalue weighted by Gasteiger charge is 2.49. The number of rotatable bonds is 9. The summed E-state index contributed by atoms with van der Waals surface area (Å²) in [7, 11) is 0. The minimum atomic E-state index is -0.292. The Morgan fingerprint density at radius 1 is 1.45 bits per heavy atom. The number of nitrogens with two attached hydrogens (primary N) is 1. The largest absolute Gasteiger partial charge is 0.379 e. The van der Waals surface area contributed by atoms with E-state index in [0.717, 1.165) is 45.7 Å². The fourth-order valence-corrected chi connectivity index (χ4v) is 4.61. The molecule has 0 radical (unpaired) electrons. The molecule has 9 nitrogen and oxygen atoms in total. The van der Waals surface area contributed by atoms with Crippen LogP contribution in [0.5, 0.6) is 0 Å². The van der Waals surface area contributed by atoms with E-state index in [1.165, 1.54) is 0 Å². The van der Waals surface area contributed by atoms with E-state index in [2.05, 4.69) is 22.0 Å². The number of H-pyrrole nitrogens is 1. The molecular formula is C19H34ClN6O3+. The first-order valence-electron chi connectivity index (χ1n) is 10.5. The number of ether oxygens (including phenoxy) is 2. The lowest BCUT2D eigenvalue weighted by atomic mass is 10.1. The molecular weight excluding hydrogens is 396 g/mol. The molecule has 0 saturated carbocycles. The molecule has 1 aromatic rings. The number of aromatic amines is 1. The highest BCUT2D eigenvalue weighted by Crippen LogP contribution is 2.27. The predicted molar refractivity (Wildman–Crippen MR) is 110 cm³/mol. The lowest BCUT2D eigenvalue weighted by molar-refractivity contribution is -0.980. The summed E-state index contributed by atoms with van der Waals surface area (Å²) < 4.78 is 11.9. The minimum Gasteiger partial charge on any atom is -0.379 e. The summed E-state index contributed by atoms with van der Waals surface area (Å²) in [6, 6.07) is 1.70. The lowest BCUT2D eigenvalue weighted by Gasteiger charge is -2.50. The van der Waals surface area contributed by atoms with Crippen LogP contribution in [0.1, 0.15) is 30.3 Å². The molecule has 2 aliphatic heterocycles. The van der Waals surface area contributed by atoms with Crippen molar-refractivity contribution in [1.29, 1.82) is 0 Å². The number of nitrogens with zero attached hydrogens (tertiary/aromatic N) is 4. The van der Waals surface area contributed by atoms with Crippen LogP contribution in [0.4, 0.5) is 0 Å². The second kappa shape index (κ2) is 10.7. The molecule has 1 aromatic heterocycles. The molecule has 164 valence electrons. The number of quaternary nitrogens is 1. The van der Waals surface area contributed by atoms with Crippen molar-refractivity contribution >= 4 is 17.5 Å². The molecule has 0 aromatic carbocycles. The summed E-state index contributed by atoms with van der Waals surface area (Å²) in [5.41, 5.74) is 0.466. The maximum atomic E-state index is 13.3. The van der Waals surface area contributed by atoms with Gasteiger partial charge in [0.2, 0.25) is 6.17 Å². The van der Waals surface area contributed by atoms with Crippen molar-refractivity contribution in [3.63, 3.8) is 0 Å². The van der Waals surface area contributed by atoms with Gasteiger partial charge in [0.25, 0.3) is 5.91 Å². The lowest BCUT2D eigenvalue weighted by Crippen LogP contribution is -2.75. The van der Waals surface area contributed by atoms with E-state index in [9.17, 15) is 4.79 Å². The maximum absolute atomic E-state index is 13.3. The summed E-state index contributed by atoms with van der Waals surface area (Å²) >= 11 is 6.12. The zero-order chi connectivity index (χ0) is 20.7. The van der Waals surface area contributed by atoms with E-state index in [-0.39, 0.29) is 22.8 Å². The summed E-state index contributed by atoms with van der Waals surface area (Å²) in [5, 5.41) is 6.74. The van der Waals surface area contributed by atoms with Gasteiger partial charge in [0.1, 0.15) is 24.9 Å². The van der Waals surface area contributed by atoms with Crippen LogP contribution in [0, 0.1) is 0 Å². The third-order valence-corrected chi connectivity index (χ3v) is 5.98. The van der Waals surface area contributed by atoms with Gasteiger partial charge in [-0.05, 0) is 18.9 Å². The maximum Gasteiger partial charge on any atom is 0.276 e. The number of halogens is 1. The average Bonchev–Trinajstić information content (AvgIpc) is 3.26. The summed E-state index contributed by atoms with van der Waals surface area (Å²) in [4.78, 5) is 17.6. The first-order valence-corrected chi connectivity index (χ1v) is 11.1. The van der Waals surface area contributed by atoms with Gasteiger partial charge < -0.3 is 9.47 Å². The van der Waals surface area contributed by atoms with Gasteiger partial charge in [-0.15, -0.1) is 11.6 Å². The van der Waals surface area contributed by atoms with Crippen LogP contribution >= 0.6 is 11.6 Å². The van der Waals surface area contributed by atoms with Gasteiger partial charge in [0.15, 0.2) is 0 Å². The number of aromatic nitrogens is 2. The Morgan fingerprint density at radius 3 is 2.90 bits per heavy atom. The Bertz CT molecular complexity index is 623. The zero-order valence-electron chi connectivity index (χ0n) is 17.3. The molecule has 0 aliphatic carbocycles. The standard InChI is InChI=1S/C19H33ClN6O3/c1-2-7-25(19(27)16-3-6-22-23-16)18-17(4-8-24-9-13-28-14-10-24)29-15-12-26(18,21)11-5-20/h3,6,17-18H,2,4-5,7-15,21H2,1H3/p+1. The van der Waals surface area contributed by atoms with Crippen LogP contribution < -0.4 is 5.84 Å². The molecule has 0 spiro atoms. The summed E-state index contributed by atoms with van der Waals surface area (Å²) in [5.74, 6) is 7.19. The molecule has 0 bridgehead atoms. The van der Waals surface area contributed by atoms with Gasteiger partial charge >= 0.3 is 0 Å². The molecule has 3 rings (SSSR count). The Hall–Kier alpha value is -1.23. The molecule has 3 unspecified atom stereocenters. The topological polar surface area (TPSA) is 96.7 Å². The van der Waals surface area contributed by atoms with Gasteiger partial charge in [0, 0.05) is 32.4 Å².